The van der Waals surface area contributed by atoms with Crippen LogP contribution in [0.25, 0.3) is 0 Å². The normalized spacial score (nSPS) is 14.2. The molecule has 0 saturated heterocycles. The van der Waals surface area contributed by atoms with Crippen LogP contribution in [0.4, 0.5) is 0 Å². The summed E-state index contributed by atoms with van der Waals surface area (Å²) < 4.78 is 34.8. The molecule has 0 fully saturated rings. The van der Waals surface area contributed by atoms with E-state index in [9.17, 15) is 14.3 Å². The zero-order chi connectivity index (χ0) is 36.3. The van der Waals surface area contributed by atoms with Crippen LogP contribution >= 0.6 is 7.82 Å². The number of quaternary nitrogens is 1. The molecule has 9 heteroatoms. The molecule has 0 saturated carbocycles. The van der Waals surface area contributed by atoms with Crippen LogP contribution in [0, 0.1) is 0 Å². The van der Waals surface area contributed by atoms with Crippen LogP contribution in [-0.4, -0.2) is 75.6 Å². The number of phosphoric ester groups is 1. The maximum Gasteiger partial charge on any atom is 0.472 e. The number of rotatable bonds is 37. The molecule has 0 aliphatic heterocycles. The van der Waals surface area contributed by atoms with Gasteiger partial charge < -0.3 is 18.9 Å². The topological polar surface area (TPSA) is 91.3 Å². The molecule has 8 nitrogen and oxygen atoms in total. The number of esters is 1. The number of phosphoric acid groups is 1. The van der Waals surface area contributed by atoms with Crippen molar-refractivity contribution in [3.8, 4) is 0 Å². The van der Waals surface area contributed by atoms with Crippen LogP contribution in [-0.2, 0) is 27.9 Å². The molecule has 0 aliphatic rings. The van der Waals surface area contributed by atoms with E-state index in [2.05, 4.69) is 38.2 Å². The third kappa shape index (κ3) is 38.1. The van der Waals surface area contributed by atoms with E-state index in [0.717, 1.165) is 38.5 Å². The lowest BCUT2D eigenvalue weighted by Gasteiger charge is -2.24. The summed E-state index contributed by atoms with van der Waals surface area (Å²) in [7, 11) is 1.67. The predicted molar refractivity (Wildman–Crippen MR) is 206 cm³/mol. The third-order valence-corrected chi connectivity index (χ3v) is 9.50. The van der Waals surface area contributed by atoms with Gasteiger partial charge in [0.25, 0.3) is 0 Å². The molecular weight excluding hydrogens is 637 g/mol. The summed E-state index contributed by atoms with van der Waals surface area (Å²) >= 11 is 0. The van der Waals surface area contributed by atoms with Crippen molar-refractivity contribution < 1.29 is 37.3 Å². The van der Waals surface area contributed by atoms with Gasteiger partial charge in [-0.2, -0.15) is 0 Å². The quantitative estimate of drug-likeness (QED) is 0.0225. The molecule has 0 aliphatic carbocycles. The van der Waals surface area contributed by atoms with Crippen molar-refractivity contribution >= 4 is 13.8 Å². The van der Waals surface area contributed by atoms with Gasteiger partial charge >= 0.3 is 13.8 Å². The standard InChI is InChI=1S/C40H78NO7P/c1-6-8-10-12-14-16-17-18-19-20-21-22-23-24-26-28-30-32-35-45-37-39(38-47-49(43,44)46-36-34-41(3,4)5)48-40(42)33-31-29-27-25-15-13-11-9-7-2/h14,16,18-19,39H,6-13,15,17,20-38H2,1-5H3/p+1/b16-14-,19-18-. The minimum atomic E-state index is -4.26. The summed E-state index contributed by atoms with van der Waals surface area (Å²) in [6.07, 6.45) is 36.3. The Morgan fingerprint density at radius 2 is 1.12 bits per heavy atom. The third-order valence-electron chi connectivity index (χ3n) is 8.52. The number of carbonyl (C=O) groups excluding carboxylic acids is 1. The van der Waals surface area contributed by atoms with Gasteiger partial charge in [-0.1, -0.05) is 141 Å². The molecule has 1 N–H and O–H groups in total. The summed E-state index contributed by atoms with van der Waals surface area (Å²) in [5.74, 6) is -0.319. The van der Waals surface area contributed by atoms with Gasteiger partial charge in [0, 0.05) is 13.0 Å². The summed E-state index contributed by atoms with van der Waals surface area (Å²) in [5.41, 5.74) is 0. The fourth-order valence-corrected chi connectivity index (χ4v) is 6.09. The van der Waals surface area contributed by atoms with Gasteiger partial charge in [0.1, 0.15) is 19.3 Å². The lowest BCUT2D eigenvalue weighted by Crippen LogP contribution is -2.37. The van der Waals surface area contributed by atoms with Crippen molar-refractivity contribution in [1.29, 1.82) is 0 Å². The van der Waals surface area contributed by atoms with Gasteiger partial charge in [-0.3, -0.25) is 13.8 Å². The number of allylic oxidation sites excluding steroid dienone is 4. The molecule has 0 aromatic heterocycles. The maximum absolute atomic E-state index is 12.6. The Hall–Kier alpha value is -1.02. The van der Waals surface area contributed by atoms with E-state index in [-0.39, 0.29) is 25.8 Å². The highest BCUT2D eigenvalue weighted by Crippen LogP contribution is 2.43. The molecule has 2 unspecified atom stereocenters. The fraction of sp³-hybridized carbons (Fsp3) is 0.875. The second kappa shape index (κ2) is 34.1. The first-order valence-electron chi connectivity index (χ1n) is 20.1. The molecule has 0 bridgehead atoms. The van der Waals surface area contributed by atoms with Crippen LogP contribution in [0.15, 0.2) is 24.3 Å². The van der Waals surface area contributed by atoms with E-state index in [0.29, 0.717) is 24.1 Å². The van der Waals surface area contributed by atoms with Gasteiger partial charge in [-0.25, -0.2) is 4.57 Å². The van der Waals surface area contributed by atoms with Crippen molar-refractivity contribution in [2.24, 2.45) is 0 Å². The molecule has 0 radical (unpaired) electrons. The monoisotopic (exact) mass is 717 g/mol. The molecule has 49 heavy (non-hydrogen) atoms. The van der Waals surface area contributed by atoms with E-state index in [1.807, 2.05) is 21.1 Å². The van der Waals surface area contributed by atoms with Gasteiger partial charge in [-0.15, -0.1) is 0 Å². The minimum Gasteiger partial charge on any atom is -0.457 e. The highest BCUT2D eigenvalue weighted by molar-refractivity contribution is 7.47. The van der Waals surface area contributed by atoms with Crippen molar-refractivity contribution in [3.63, 3.8) is 0 Å². The van der Waals surface area contributed by atoms with Crippen LogP contribution in [0.5, 0.6) is 0 Å². The number of carbonyl (C=O) groups is 1. The molecule has 0 amide bonds. The van der Waals surface area contributed by atoms with Gasteiger partial charge in [-0.05, 0) is 44.9 Å². The molecule has 290 valence electrons. The second-order valence-corrected chi connectivity index (χ2v) is 16.1. The Morgan fingerprint density at radius 3 is 1.69 bits per heavy atom. The molecule has 0 aromatic rings. The van der Waals surface area contributed by atoms with Gasteiger partial charge in [0.05, 0.1) is 34.4 Å². The highest BCUT2D eigenvalue weighted by atomic mass is 31.2. The summed E-state index contributed by atoms with van der Waals surface area (Å²) in [4.78, 5) is 22.7. The first kappa shape index (κ1) is 48.0. The smallest absolute Gasteiger partial charge is 0.457 e. The van der Waals surface area contributed by atoms with Crippen LogP contribution in [0.1, 0.15) is 168 Å². The summed E-state index contributed by atoms with van der Waals surface area (Å²) in [6, 6.07) is 0. The van der Waals surface area contributed by atoms with E-state index in [1.165, 1.54) is 109 Å². The minimum absolute atomic E-state index is 0.0888. The molecular formula is C40H79NO7P+. The maximum atomic E-state index is 12.6. The molecule has 0 rings (SSSR count). The number of ether oxygens (including phenoxy) is 2. The number of unbranched alkanes of at least 4 members (excludes halogenated alkanes) is 19. The van der Waals surface area contributed by atoms with Gasteiger partial charge in [0.2, 0.25) is 0 Å². The van der Waals surface area contributed by atoms with E-state index < -0.39 is 13.9 Å². The first-order valence-corrected chi connectivity index (χ1v) is 21.6. The first-order chi connectivity index (χ1) is 23.6. The zero-order valence-electron chi connectivity index (χ0n) is 32.7. The van der Waals surface area contributed by atoms with Crippen molar-refractivity contribution in [1.82, 2.24) is 0 Å². The average molecular weight is 717 g/mol. The number of hydrogen-bond acceptors (Lipinski definition) is 6. The number of hydrogen-bond donors (Lipinski definition) is 1. The largest absolute Gasteiger partial charge is 0.472 e. The molecule has 0 aromatic carbocycles. The lowest BCUT2D eigenvalue weighted by molar-refractivity contribution is -0.870. The van der Waals surface area contributed by atoms with Gasteiger partial charge in [0.15, 0.2) is 0 Å². The van der Waals surface area contributed by atoms with Crippen LogP contribution in [0.2, 0.25) is 0 Å². The van der Waals surface area contributed by atoms with Crippen molar-refractivity contribution in [2.45, 2.75) is 174 Å². The summed E-state index contributed by atoms with van der Waals surface area (Å²) in [6.45, 7) is 5.57. The van der Waals surface area contributed by atoms with E-state index in [4.69, 9.17) is 18.5 Å². The Bertz CT molecular complexity index is 843. The second-order valence-electron chi connectivity index (χ2n) is 14.7. The predicted octanol–water partition coefficient (Wildman–Crippen LogP) is 11.3. The van der Waals surface area contributed by atoms with Crippen LogP contribution < -0.4 is 0 Å². The highest BCUT2D eigenvalue weighted by Gasteiger charge is 2.26. The molecule has 0 heterocycles. The number of likely N-dealkylation sites (N-methyl/N-ethyl adjacent to an activating group) is 1. The van der Waals surface area contributed by atoms with E-state index in [1.54, 1.807) is 0 Å². The Morgan fingerprint density at radius 1 is 0.633 bits per heavy atom. The average Bonchev–Trinajstić information content (AvgIpc) is 3.04. The van der Waals surface area contributed by atoms with Crippen molar-refractivity contribution in [3.05, 3.63) is 24.3 Å². The Kier molecular flexibility index (Phi) is 33.4. The SMILES string of the molecule is CCCCC/C=C\C/C=C\CCCCCCCCCCOCC(COP(=O)(O)OCC[N+](C)(C)C)OC(=O)CCCCCCCCCCC. The lowest BCUT2D eigenvalue weighted by atomic mass is 10.1. The van der Waals surface area contributed by atoms with Crippen LogP contribution in [0.3, 0.4) is 0 Å². The molecule has 0 spiro atoms. The summed E-state index contributed by atoms with van der Waals surface area (Å²) in [5, 5.41) is 0. The fourth-order valence-electron chi connectivity index (χ4n) is 5.35. The zero-order valence-corrected chi connectivity index (χ0v) is 33.6. The Balaban J connectivity index is 4.20. The van der Waals surface area contributed by atoms with E-state index >= 15 is 0 Å². The molecule has 2 atom stereocenters. The van der Waals surface area contributed by atoms with Crippen molar-refractivity contribution in [2.75, 3.05) is 54.1 Å². The number of nitrogens with zero attached hydrogens (tertiary/aromatic N) is 1. The Labute approximate surface area is 303 Å².